The number of anilines is 1. The summed E-state index contributed by atoms with van der Waals surface area (Å²) in [7, 11) is 0. The first-order valence-corrected chi connectivity index (χ1v) is 19.4. The largest absolute Gasteiger partial charge is 0.544 e. The summed E-state index contributed by atoms with van der Waals surface area (Å²) < 4.78 is 6.64. The highest BCUT2D eigenvalue weighted by atomic mass is 79.9. The van der Waals surface area contributed by atoms with Crippen molar-refractivity contribution in [1.29, 1.82) is 0 Å². The van der Waals surface area contributed by atoms with Crippen molar-refractivity contribution in [3.63, 3.8) is 0 Å². The predicted molar refractivity (Wildman–Crippen MR) is 193 cm³/mol. The highest BCUT2D eigenvalue weighted by Crippen LogP contribution is 2.34. The number of amides is 4. The average Bonchev–Trinajstić information content (AvgIpc) is 3.30. The van der Waals surface area contributed by atoms with E-state index in [0.29, 0.717) is 72.8 Å². The maximum Gasteiger partial charge on any atom is 0.410 e. The number of benzene rings is 2. The van der Waals surface area contributed by atoms with Crippen LogP contribution in [0.4, 0.5) is 15.3 Å². The third-order valence-corrected chi connectivity index (χ3v) is 12.2. The molecule has 2 aromatic rings. The van der Waals surface area contributed by atoms with Gasteiger partial charge in [-0.2, -0.15) is 0 Å². The Morgan fingerprint density at radius 2 is 1.71 bits per heavy atom. The van der Waals surface area contributed by atoms with Crippen LogP contribution >= 0.6 is 31.9 Å². The van der Waals surface area contributed by atoms with Crippen LogP contribution < -0.4 is 15.3 Å². The molecule has 4 aliphatic rings. The van der Waals surface area contributed by atoms with Gasteiger partial charge in [0.15, 0.2) is 6.10 Å². The molecular weight excluding hydrogens is 806 g/mol. The van der Waals surface area contributed by atoms with Gasteiger partial charge >= 0.3 is 18.1 Å². The number of urea groups is 1. The number of hydrogen-bond donors (Lipinski definition) is 4. The van der Waals surface area contributed by atoms with Gasteiger partial charge in [-0.15, -0.1) is 0 Å². The molecule has 280 valence electrons. The van der Waals surface area contributed by atoms with Crippen LogP contribution in [0, 0.1) is 0 Å². The molecule has 4 aliphatic heterocycles. The van der Waals surface area contributed by atoms with Crippen molar-refractivity contribution in [1.82, 2.24) is 14.7 Å². The first-order valence-electron chi connectivity index (χ1n) is 17.8. The maximum atomic E-state index is 14.3. The standard InChI is InChI=1S/C36H43Br2N5O9/c37-25-17-21(18-26(38)31(25)44)19-30(32(45)43-16-11-24(20-29(43)34(48)49)41-12-4-3-7-28(41)33(46)47)52-36(51)40-13-9-23(10-14-40)42-15-8-22-5-1-2-6-27(22)39-35(42)50/h1-2,5-6,17-18,23-24,28-30,44H,3-4,7-16,19-20H2,(H,39,50)(H,46,47)(H,48,49)/t24?,28?,29?,30-/m1/s1. The van der Waals surface area contributed by atoms with Crippen LogP contribution in [0.1, 0.15) is 56.1 Å². The number of aromatic hydroxyl groups is 1. The highest BCUT2D eigenvalue weighted by molar-refractivity contribution is 9.11. The molecule has 4 unspecified atom stereocenters. The second-order valence-electron chi connectivity index (χ2n) is 14.0. The number of piperidine rings is 3. The summed E-state index contributed by atoms with van der Waals surface area (Å²) in [6.07, 6.45) is 2.00. The van der Waals surface area contributed by atoms with Crippen LogP contribution in [-0.2, 0) is 32.0 Å². The Bertz CT molecular complexity index is 1680. The zero-order valence-electron chi connectivity index (χ0n) is 28.6. The van der Waals surface area contributed by atoms with E-state index in [9.17, 15) is 39.3 Å². The molecule has 0 aliphatic carbocycles. The molecule has 0 aromatic heterocycles. The van der Waals surface area contributed by atoms with Crippen molar-refractivity contribution >= 4 is 67.5 Å². The summed E-state index contributed by atoms with van der Waals surface area (Å²) in [5.74, 6) is -3.08. The van der Waals surface area contributed by atoms with E-state index in [1.165, 1.54) is 9.80 Å². The Morgan fingerprint density at radius 3 is 2.40 bits per heavy atom. The van der Waals surface area contributed by atoms with Crippen LogP contribution in [0.5, 0.6) is 5.75 Å². The number of phenols is 1. The van der Waals surface area contributed by atoms with Crippen LogP contribution in [-0.4, -0.2) is 118 Å². The Labute approximate surface area is 318 Å². The minimum absolute atomic E-state index is 0.0449. The third kappa shape index (κ3) is 8.33. The van der Waals surface area contributed by atoms with Gasteiger partial charge in [-0.25, -0.2) is 14.4 Å². The number of halogens is 2. The van der Waals surface area contributed by atoms with E-state index in [1.54, 1.807) is 12.1 Å². The lowest BCUT2D eigenvalue weighted by atomic mass is 9.90. The Kier molecular flexibility index (Phi) is 12.0. The van der Waals surface area contributed by atoms with Gasteiger partial charge in [0, 0.05) is 63.6 Å². The number of ether oxygens (including phenoxy) is 1. The first-order chi connectivity index (χ1) is 24.9. The number of nitrogens with zero attached hydrogens (tertiary/aromatic N) is 3. The van der Waals surface area contributed by atoms with E-state index in [2.05, 4.69) is 37.2 Å². The number of phenolic OH excluding ortho intramolecular Hbond substituents is 1. The van der Waals surface area contributed by atoms with Gasteiger partial charge < -0.3 is 49.8 Å². The molecule has 3 fully saturated rings. The molecule has 0 bridgehead atoms. The SMILES string of the molecule is O=C(O)C1CC([NH+]2CCCCC2C(=O)[O-])CCN1C(=O)[C@@H](Cc1cc(Br)c(O)c(Br)c1)OC(=O)N1CCC(N2CCc3ccccc3NC2=O)CC1. The van der Waals surface area contributed by atoms with Crippen molar-refractivity contribution in [2.24, 2.45) is 0 Å². The average molecular weight is 850 g/mol. The highest BCUT2D eigenvalue weighted by Gasteiger charge is 2.45. The fourth-order valence-corrected chi connectivity index (χ4v) is 9.49. The number of aliphatic carboxylic acids is 2. The molecule has 5 atom stereocenters. The summed E-state index contributed by atoms with van der Waals surface area (Å²) in [6, 6.07) is 8.35. The van der Waals surface area contributed by atoms with Gasteiger partial charge in [0.25, 0.3) is 5.91 Å². The number of likely N-dealkylation sites (tertiary alicyclic amines) is 3. The van der Waals surface area contributed by atoms with Crippen LogP contribution in [0.2, 0.25) is 0 Å². The molecule has 3 saturated heterocycles. The number of carboxylic acid groups (broad SMARTS) is 2. The van der Waals surface area contributed by atoms with E-state index in [0.717, 1.165) is 29.0 Å². The molecule has 0 radical (unpaired) electrons. The van der Waals surface area contributed by atoms with Crippen LogP contribution in [0.15, 0.2) is 45.3 Å². The van der Waals surface area contributed by atoms with Crippen molar-refractivity contribution in [2.75, 3.05) is 38.0 Å². The molecule has 6 rings (SSSR count). The third-order valence-electron chi connectivity index (χ3n) is 11.0. The fraction of sp³-hybridized carbons (Fsp3) is 0.528. The number of rotatable bonds is 8. The van der Waals surface area contributed by atoms with Gasteiger partial charge in [-0.05, 0) is 93.3 Å². The molecule has 0 saturated carbocycles. The van der Waals surface area contributed by atoms with Crippen LogP contribution in [0.25, 0.3) is 0 Å². The molecule has 2 aromatic carbocycles. The summed E-state index contributed by atoms with van der Waals surface area (Å²) >= 11 is 6.62. The quantitative estimate of drug-likeness (QED) is 0.309. The number of nitrogens with one attached hydrogen (secondary N) is 2. The molecule has 16 heteroatoms. The topological polar surface area (TPSA) is 184 Å². The minimum atomic E-state index is -1.39. The van der Waals surface area contributed by atoms with Gasteiger partial charge in [0.05, 0.1) is 27.5 Å². The Morgan fingerprint density at radius 1 is 1.00 bits per heavy atom. The molecule has 0 spiro atoms. The summed E-state index contributed by atoms with van der Waals surface area (Å²) in [6.45, 7) is 1.76. The summed E-state index contributed by atoms with van der Waals surface area (Å²) in [4.78, 5) is 71.0. The number of carboxylic acids is 2. The smallest absolute Gasteiger partial charge is 0.410 e. The zero-order valence-corrected chi connectivity index (χ0v) is 31.8. The van der Waals surface area contributed by atoms with E-state index in [4.69, 9.17) is 4.74 Å². The van der Waals surface area contributed by atoms with Crippen molar-refractivity contribution in [3.8, 4) is 5.75 Å². The molecule has 4 amide bonds. The lowest BCUT2D eigenvalue weighted by molar-refractivity contribution is -0.949. The van der Waals surface area contributed by atoms with Crippen molar-refractivity contribution < 1.29 is 48.9 Å². The first kappa shape index (κ1) is 37.9. The molecule has 52 heavy (non-hydrogen) atoms. The van der Waals surface area contributed by atoms with E-state index in [-0.39, 0.29) is 43.3 Å². The predicted octanol–water partition coefficient (Wildman–Crippen LogP) is 2.15. The van der Waals surface area contributed by atoms with Gasteiger partial charge in [-0.3, -0.25) is 4.79 Å². The van der Waals surface area contributed by atoms with Gasteiger partial charge in [-0.1, -0.05) is 18.2 Å². The number of carbonyl (C=O) groups excluding carboxylic acids is 4. The number of para-hydroxylation sites is 1. The molecule has 4 heterocycles. The van der Waals surface area contributed by atoms with Gasteiger partial charge in [0.2, 0.25) is 0 Å². The zero-order chi connectivity index (χ0) is 37.1. The monoisotopic (exact) mass is 847 g/mol. The van der Waals surface area contributed by atoms with E-state index >= 15 is 0 Å². The number of quaternary nitrogens is 1. The van der Waals surface area contributed by atoms with E-state index < -0.39 is 42.1 Å². The normalized spacial score (nSPS) is 24.7. The number of fused-ring (bicyclic) bond motifs is 1. The van der Waals surface area contributed by atoms with E-state index in [1.807, 2.05) is 29.2 Å². The summed E-state index contributed by atoms with van der Waals surface area (Å²) in [5, 5.41) is 35.5. The van der Waals surface area contributed by atoms with Crippen molar-refractivity contribution in [2.45, 2.75) is 88.1 Å². The second kappa shape index (κ2) is 16.4. The lowest BCUT2D eigenvalue weighted by Crippen LogP contribution is -3.21. The minimum Gasteiger partial charge on any atom is -0.544 e. The van der Waals surface area contributed by atoms with Crippen LogP contribution in [0.3, 0.4) is 0 Å². The molecule has 4 N–H and O–H groups in total. The number of hydrogen-bond acceptors (Lipinski definition) is 8. The van der Waals surface area contributed by atoms with Crippen molar-refractivity contribution in [3.05, 3.63) is 56.5 Å². The Hall–Kier alpha value is -3.89. The molecular formula is C36H43Br2N5O9. The maximum absolute atomic E-state index is 14.3. The van der Waals surface area contributed by atoms with Gasteiger partial charge in [0.1, 0.15) is 17.8 Å². The number of carbonyl (C=O) groups is 5. The summed E-state index contributed by atoms with van der Waals surface area (Å²) in [5.41, 5.74) is 2.40. The molecule has 14 nitrogen and oxygen atoms in total. The lowest BCUT2D eigenvalue weighted by Gasteiger charge is -2.44. The Balaban J connectivity index is 1.15. The second-order valence-corrected chi connectivity index (χ2v) is 15.7. The fourth-order valence-electron chi connectivity index (χ4n) is 8.20.